The van der Waals surface area contributed by atoms with Crippen molar-refractivity contribution in [1.29, 1.82) is 0 Å². The van der Waals surface area contributed by atoms with Crippen molar-refractivity contribution in [2.75, 3.05) is 16.4 Å². The Balaban J connectivity index is 2.04. The van der Waals surface area contributed by atoms with E-state index in [-0.39, 0.29) is 5.91 Å². The third-order valence-corrected chi connectivity index (χ3v) is 2.58. The Morgan fingerprint density at radius 1 is 0.800 bits per heavy atom. The van der Waals surface area contributed by atoms with Gasteiger partial charge >= 0.3 is 6.03 Å². The zero-order valence-corrected chi connectivity index (χ0v) is 10.6. The van der Waals surface area contributed by atoms with Crippen molar-refractivity contribution < 1.29 is 9.59 Å². The molecule has 20 heavy (non-hydrogen) atoms. The summed E-state index contributed by atoms with van der Waals surface area (Å²) in [6, 6.07) is 12.6. The van der Waals surface area contributed by atoms with E-state index in [9.17, 15) is 9.59 Å². The largest absolute Gasteiger partial charge is 0.399 e. The number of carbonyl (C=O) groups excluding carboxylic acids is 2. The summed E-state index contributed by atoms with van der Waals surface area (Å²) in [6.45, 7) is 0. The minimum atomic E-state index is -0.636. The van der Waals surface area contributed by atoms with Crippen LogP contribution >= 0.6 is 0 Å². The molecule has 0 radical (unpaired) electrons. The number of rotatable bonds is 3. The average molecular weight is 270 g/mol. The second-order valence-electron chi connectivity index (χ2n) is 4.14. The van der Waals surface area contributed by atoms with Crippen LogP contribution in [0.3, 0.4) is 0 Å². The average Bonchev–Trinajstić information content (AvgIpc) is 2.41. The van der Waals surface area contributed by atoms with Crippen molar-refractivity contribution in [2.24, 2.45) is 5.73 Å². The van der Waals surface area contributed by atoms with Crippen LogP contribution in [0.25, 0.3) is 0 Å². The highest BCUT2D eigenvalue weighted by atomic mass is 16.2. The highest BCUT2D eigenvalue weighted by Gasteiger charge is 2.05. The second-order valence-corrected chi connectivity index (χ2v) is 4.14. The molecule has 0 spiro atoms. The van der Waals surface area contributed by atoms with E-state index in [4.69, 9.17) is 11.5 Å². The second kappa shape index (κ2) is 5.75. The van der Waals surface area contributed by atoms with Crippen LogP contribution in [-0.2, 0) is 0 Å². The fourth-order valence-electron chi connectivity index (χ4n) is 1.62. The molecule has 0 heterocycles. The van der Waals surface area contributed by atoms with Crippen LogP contribution in [0.15, 0.2) is 48.5 Å². The van der Waals surface area contributed by atoms with E-state index >= 15 is 0 Å². The van der Waals surface area contributed by atoms with Gasteiger partial charge in [-0.05, 0) is 48.5 Å². The third-order valence-electron chi connectivity index (χ3n) is 2.58. The molecular weight excluding hydrogens is 256 g/mol. The number of benzene rings is 2. The summed E-state index contributed by atoms with van der Waals surface area (Å²) in [5.74, 6) is -0.236. The van der Waals surface area contributed by atoms with Crippen molar-refractivity contribution >= 4 is 29.0 Å². The zero-order valence-electron chi connectivity index (χ0n) is 10.6. The third kappa shape index (κ3) is 3.49. The van der Waals surface area contributed by atoms with Crippen molar-refractivity contribution in [3.8, 4) is 0 Å². The molecule has 6 nitrogen and oxygen atoms in total. The quantitative estimate of drug-likeness (QED) is 0.640. The molecule has 0 fully saturated rings. The lowest BCUT2D eigenvalue weighted by atomic mass is 10.2. The van der Waals surface area contributed by atoms with E-state index in [0.29, 0.717) is 22.6 Å². The lowest BCUT2D eigenvalue weighted by Gasteiger charge is -2.07. The summed E-state index contributed by atoms with van der Waals surface area (Å²) in [5.41, 5.74) is 12.8. The van der Waals surface area contributed by atoms with Gasteiger partial charge in [-0.1, -0.05) is 0 Å². The Morgan fingerprint density at radius 2 is 1.30 bits per heavy atom. The highest BCUT2D eigenvalue weighted by Crippen LogP contribution is 2.15. The van der Waals surface area contributed by atoms with Crippen LogP contribution in [-0.4, -0.2) is 11.9 Å². The number of urea groups is 1. The van der Waals surface area contributed by atoms with E-state index in [1.807, 2.05) is 0 Å². The lowest BCUT2D eigenvalue weighted by molar-refractivity contribution is 0.102. The fraction of sp³-hybridized carbons (Fsp3) is 0. The molecule has 0 saturated heterocycles. The van der Waals surface area contributed by atoms with Gasteiger partial charge < -0.3 is 22.1 Å². The minimum Gasteiger partial charge on any atom is -0.399 e. The Morgan fingerprint density at radius 3 is 1.80 bits per heavy atom. The molecule has 0 saturated carbocycles. The van der Waals surface area contributed by atoms with Crippen molar-refractivity contribution in [2.45, 2.75) is 0 Å². The molecule has 6 N–H and O–H groups in total. The van der Waals surface area contributed by atoms with Gasteiger partial charge in [-0.3, -0.25) is 4.79 Å². The minimum absolute atomic E-state index is 0.236. The van der Waals surface area contributed by atoms with Gasteiger partial charge in [0, 0.05) is 22.6 Å². The standard InChI is InChI=1S/C14H14N4O2/c15-10-3-1-9(2-4-10)13(19)17-11-5-7-12(8-6-11)18-14(16)20/h1-8H,15H2,(H,17,19)(H3,16,18,20). The summed E-state index contributed by atoms with van der Waals surface area (Å²) in [5, 5.41) is 5.17. The number of nitrogen functional groups attached to an aromatic ring is 1. The van der Waals surface area contributed by atoms with Gasteiger partial charge in [0.1, 0.15) is 0 Å². The Bertz CT molecular complexity index is 621. The van der Waals surface area contributed by atoms with Crippen LogP contribution in [0, 0.1) is 0 Å². The Kier molecular flexibility index (Phi) is 3.85. The molecule has 2 rings (SSSR count). The van der Waals surface area contributed by atoms with Crippen LogP contribution in [0.5, 0.6) is 0 Å². The highest BCUT2D eigenvalue weighted by molar-refractivity contribution is 6.04. The van der Waals surface area contributed by atoms with E-state index in [1.165, 1.54) is 0 Å². The summed E-state index contributed by atoms with van der Waals surface area (Å²) in [7, 11) is 0. The molecule has 0 unspecified atom stereocenters. The normalized spacial score (nSPS) is 9.80. The molecular formula is C14H14N4O2. The van der Waals surface area contributed by atoms with Gasteiger partial charge in [0.25, 0.3) is 5.91 Å². The summed E-state index contributed by atoms with van der Waals surface area (Å²) in [6.07, 6.45) is 0. The predicted molar refractivity (Wildman–Crippen MR) is 78.5 cm³/mol. The first-order valence-corrected chi connectivity index (χ1v) is 5.88. The van der Waals surface area contributed by atoms with E-state index in [0.717, 1.165) is 0 Å². The SMILES string of the molecule is NC(=O)Nc1ccc(NC(=O)c2ccc(N)cc2)cc1. The molecule has 0 aliphatic heterocycles. The number of hydrogen-bond acceptors (Lipinski definition) is 3. The maximum Gasteiger partial charge on any atom is 0.316 e. The number of hydrogen-bond donors (Lipinski definition) is 4. The molecule has 102 valence electrons. The molecule has 2 aromatic carbocycles. The summed E-state index contributed by atoms with van der Waals surface area (Å²) >= 11 is 0. The molecule has 6 heteroatoms. The van der Waals surface area contributed by atoms with Gasteiger partial charge in [-0.15, -0.1) is 0 Å². The number of anilines is 3. The number of nitrogens with one attached hydrogen (secondary N) is 2. The fourth-order valence-corrected chi connectivity index (χ4v) is 1.62. The number of carbonyl (C=O) groups is 2. The lowest BCUT2D eigenvalue weighted by Crippen LogP contribution is -2.19. The topological polar surface area (TPSA) is 110 Å². The van der Waals surface area contributed by atoms with E-state index in [2.05, 4.69) is 10.6 Å². The number of nitrogens with two attached hydrogens (primary N) is 2. The zero-order chi connectivity index (χ0) is 14.5. The van der Waals surface area contributed by atoms with Crippen molar-refractivity contribution in [1.82, 2.24) is 0 Å². The maximum absolute atomic E-state index is 11.9. The Labute approximate surface area is 115 Å². The predicted octanol–water partition coefficient (Wildman–Crippen LogP) is 2.01. The first kappa shape index (κ1) is 13.4. The van der Waals surface area contributed by atoms with E-state index in [1.54, 1.807) is 48.5 Å². The Hall–Kier alpha value is -3.02. The molecule has 0 bridgehead atoms. The monoisotopic (exact) mass is 270 g/mol. The van der Waals surface area contributed by atoms with Gasteiger partial charge in [0.2, 0.25) is 0 Å². The number of amides is 3. The molecule has 0 aromatic heterocycles. The van der Waals surface area contributed by atoms with Crippen LogP contribution < -0.4 is 22.1 Å². The molecule has 3 amide bonds. The molecule has 0 atom stereocenters. The van der Waals surface area contributed by atoms with Crippen molar-refractivity contribution in [3.63, 3.8) is 0 Å². The van der Waals surface area contributed by atoms with Gasteiger partial charge in [0.15, 0.2) is 0 Å². The molecule has 0 aliphatic rings. The first-order chi connectivity index (χ1) is 9.54. The summed E-state index contributed by atoms with van der Waals surface area (Å²) < 4.78 is 0. The molecule has 0 aliphatic carbocycles. The van der Waals surface area contributed by atoms with Crippen LogP contribution in [0.1, 0.15) is 10.4 Å². The maximum atomic E-state index is 11.9. The van der Waals surface area contributed by atoms with Gasteiger partial charge in [-0.25, -0.2) is 4.79 Å². The van der Waals surface area contributed by atoms with Crippen LogP contribution in [0.2, 0.25) is 0 Å². The van der Waals surface area contributed by atoms with Gasteiger partial charge in [-0.2, -0.15) is 0 Å². The smallest absolute Gasteiger partial charge is 0.316 e. The van der Waals surface area contributed by atoms with Crippen molar-refractivity contribution in [3.05, 3.63) is 54.1 Å². The van der Waals surface area contributed by atoms with Gasteiger partial charge in [0.05, 0.1) is 0 Å². The number of primary amides is 1. The van der Waals surface area contributed by atoms with Crippen LogP contribution in [0.4, 0.5) is 21.9 Å². The molecule has 2 aromatic rings. The summed E-state index contributed by atoms with van der Waals surface area (Å²) in [4.78, 5) is 22.6. The first-order valence-electron chi connectivity index (χ1n) is 5.88. The van der Waals surface area contributed by atoms with E-state index < -0.39 is 6.03 Å².